The maximum Gasteiger partial charge on any atom is 0.395 e. The predicted molar refractivity (Wildman–Crippen MR) is 92.6 cm³/mol. The molecule has 4 rings (SSSR count). The number of alkyl halides is 3. The van der Waals surface area contributed by atoms with E-state index < -0.39 is 46.4 Å². The molecule has 0 radical (unpaired) electrons. The van der Waals surface area contributed by atoms with Crippen molar-refractivity contribution in [1.82, 2.24) is 9.55 Å². The number of amides is 1. The molecule has 0 spiro atoms. The smallest absolute Gasteiger partial charge is 0.301 e. The van der Waals surface area contributed by atoms with E-state index in [1.54, 1.807) is 6.92 Å². The van der Waals surface area contributed by atoms with Crippen LogP contribution >= 0.6 is 0 Å². The van der Waals surface area contributed by atoms with Gasteiger partial charge in [-0.1, -0.05) is 6.92 Å². The van der Waals surface area contributed by atoms with Crippen LogP contribution in [0.3, 0.4) is 0 Å². The highest BCUT2D eigenvalue weighted by Gasteiger charge is 2.67. The SMILES string of the molecule is CC(C(=O)Nc1nc2cc(F)c(F)c(F)c2n1C1(C)CCC1)C1(C(F)(F)F)CC1. The number of rotatable bonds is 4. The van der Waals surface area contributed by atoms with Crippen LogP contribution in [0.2, 0.25) is 0 Å². The summed E-state index contributed by atoms with van der Waals surface area (Å²) >= 11 is 0. The lowest BCUT2D eigenvalue weighted by Crippen LogP contribution is -2.41. The van der Waals surface area contributed by atoms with Crippen molar-refractivity contribution in [1.29, 1.82) is 0 Å². The summed E-state index contributed by atoms with van der Waals surface area (Å²) in [5.41, 5.74) is -3.33. The Morgan fingerprint density at radius 2 is 1.79 bits per heavy atom. The number of fused-ring (bicyclic) bond motifs is 1. The highest BCUT2D eigenvalue weighted by atomic mass is 19.4. The van der Waals surface area contributed by atoms with Crippen LogP contribution in [-0.2, 0) is 10.3 Å². The molecule has 1 aromatic carbocycles. The van der Waals surface area contributed by atoms with E-state index in [2.05, 4.69) is 10.3 Å². The number of imidazole rings is 1. The van der Waals surface area contributed by atoms with Crippen molar-refractivity contribution in [2.24, 2.45) is 11.3 Å². The van der Waals surface area contributed by atoms with E-state index in [1.807, 2.05) is 0 Å². The van der Waals surface area contributed by atoms with Crippen LogP contribution in [0.15, 0.2) is 6.07 Å². The molecule has 1 atom stereocenters. The maximum absolute atomic E-state index is 14.5. The first-order valence-corrected chi connectivity index (χ1v) is 9.35. The van der Waals surface area contributed by atoms with Crippen molar-refractivity contribution in [3.8, 4) is 0 Å². The number of hydrogen-bond donors (Lipinski definition) is 1. The van der Waals surface area contributed by atoms with E-state index in [0.717, 1.165) is 6.42 Å². The van der Waals surface area contributed by atoms with E-state index in [9.17, 15) is 31.1 Å². The molecule has 0 saturated heterocycles. The molecule has 158 valence electrons. The third-order valence-electron chi connectivity index (χ3n) is 6.56. The van der Waals surface area contributed by atoms with Crippen LogP contribution < -0.4 is 5.32 Å². The molecule has 2 aliphatic rings. The fourth-order valence-corrected chi connectivity index (χ4v) is 4.23. The lowest BCUT2D eigenvalue weighted by atomic mass is 9.78. The van der Waals surface area contributed by atoms with Crippen molar-refractivity contribution in [3.05, 3.63) is 23.5 Å². The van der Waals surface area contributed by atoms with Crippen LogP contribution in [0.25, 0.3) is 11.0 Å². The minimum Gasteiger partial charge on any atom is -0.301 e. The van der Waals surface area contributed by atoms with Crippen LogP contribution in [0, 0.1) is 28.8 Å². The number of carbonyl (C=O) groups excluding carboxylic acids is 1. The summed E-state index contributed by atoms with van der Waals surface area (Å²) in [6.45, 7) is 2.93. The Morgan fingerprint density at radius 1 is 1.17 bits per heavy atom. The monoisotopic (exact) mass is 419 g/mol. The van der Waals surface area contributed by atoms with Gasteiger partial charge < -0.3 is 4.57 Å². The summed E-state index contributed by atoms with van der Waals surface area (Å²) in [6, 6.07) is 0.712. The van der Waals surface area contributed by atoms with Gasteiger partial charge in [-0.25, -0.2) is 18.2 Å². The average Bonchev–Trinajstić information content (AvgIpc) is 3.35. The Hall–Kier alpha value is -2.26. The molecule has 1 amide bonds. The van der Waals surface area contributed by atoms with E-state index in [4.69, 9.17) is 0 Å². The lowest BCUT2D eigenvalue weighted by Gasteiger charge is -2.41. The van der Waals surface area contributed by atoms with E-state index in [1.165, 1.54) is 11.5 Å². The first-order valence-electron chi connectivity index (χ1n) is 9.35. The molecular formula is C19H19F6N3O. The molecule has 1 aromatic heterocycles. The first kappa shape index (κ1) is 20.0. The Kier molecular flexibility index (Phi) is 4.23. The normalized spacial score (nSPS) is 21.0. The summed E-state index contributed by atoms with van der Waals surface area (Å²) in [5, 5.41) is 2.36. The molecule has 1 unspecified atom stereocenters. The standard InChI is InChI=1S/C19H19F6N3O/c1-9(18(6-7-18)19(23,24)25)15(29)27-16-26-11-8-10(20)12(21)13(22)14(11)28(16)17(2)4-3-5-17/h8-9H,3-7H2,1-2H3,(H,26,27,29). The number of halogens is 6. The van der Waals surface area contributed by atoms with Gasteiger partial charge in [-0.3, -0.25) is 10.1 Å². The third kappa shape index (κ3) is 2.82. The number of nitrogens with one attached hydrogen (secondary N) is 1. The highest BCUT2D eigenvalue weighted by Crippen LogP contribution is 2.62. The largest absolute Gasteiger partial charge is 0.395 e. The summed E-state index contributed by atoms with van der Waals surface area (Å²) in [4.78, 5) is 16.6. The van der Waals surface area contributed by atoms with Crippen molar-refractivity contribution < 1.29 is 31.1 Å². The minimum atomic E-state index is -4.53. The van der Waals surface area contributed by atoms with Gasteiger partial charge in [0.15, 0.2) is 17.5 Å². The summed E-state index contributed by atoms with van der Waals surface area (Å²) in [5.74, 6) is -7.05. The molecule has 1 N–H and O–H groups in total. The predicted octanol–water partition coefficient (Wildman–Crippen LogP) is 5.27. The summed E-state index contributed by atoms with van der Waals surface area (Å²) < 4.78 is 83.4. The van der Waals surface area contributed by atoms with Gasteiger partial charge in [0.25, 0.3) is 0 Å². The van der Waals surface area contributed by atoms with Gasteiger partial charge in [0, 0.05) is 17.5 Å². The number of benzene rings is 1. The molecule has 4 nitrogen and oxygen atoms in total. The zero-order valence-electron chi connectivity index (χ0n) is 15.8. The number of anilines is 1. The molecule has 29 heavy (non-hydrogen) atoms. The van der Waals surface area contributed by atoms with Crippen LogP contribution in [0.4, 0.5) is 32.3 Å². The second-order valence-electron chi connectivity index (χ2n) is 8.34. The molecule has 0 bridgehead atoms. The van der Waals surface area contributed by atoms with Gasteiger partial charge in [0.05, 0.1) is 10.9 Å². The van der Waals surface area contributed by atoms with Crippen LogP contribution in [0.1, 0.15) is 46.0 Å². The third-order valence-corrected chi connectivity index (χ3v) is 6.56. The van der Waals surface area contributed by atoms with Gasteiger partial charge in [0.2, 0.25) is 11.9 Å². The van der Waals surface area contributed by atoms with Crippen LogP contribution in [0.5, 0.6) is 0 Å². The van der Waals surface area contributed by atoms with Gasteiger partial charge in [0.1, 0.15) is 5.52 Å². The number of nitrogens with zero attached hydrogens (tertiary/aromatic N) is 2. The first-order chi connectivity index (χ1) is 13.4. The average molecular weight is 419 g/mol. The second kappa shape index (κ2) is 6.12. The molecular weight excluding hydrogens is 400 g/mol. The molecule has 10 heteroatoms. The summed E-state index contributed by atoms with van der Waals surface area (Å²) in [6.07, 6.45) is -2.89. The fraction of sp³-hybridized carbons (Fsp3) is 0.579. The van der Waals surface area contributed by atoms with Crippen LogP contribution in [-0.4, -0.2) is 21.6 Å². The number of carbonyl (C=O) groups is 1. The Morgan fingerprint density at radius 3 is 2.28 bits per heavy atom. The zero-order chi connectivity index (χ0) is 21.4. The van der Waals surface area contributed by atoms with Gasteiger partial charge in [-0.15, -0.1) is 0 Å². The second-order valence-corrected chi connectivity index (χ2v) is 8.34. The van der Waals surface area contributed by atoms with Gasteiger partial charge >= 0.3 is 6.18 Å². The van der Waals surface area contributed by atoms with Gasteiger partial charge in [-0.05, 0) is 39.0 Å². The van der Waals surface area contributed by atoms with Crippen molar-refractivity contribution in [2.75, 3.05) is 5.32 Å². The minimum absolute atomic E-state index is 0.149. The highest BCUT2D eigenvalue weighted by molar-refractivity contribution is 5.94. The van der Waals surface area contributed by atoms with Crippen molar-refractivity contribution in [2.45, 2.75) is 57.7 Å². The Labute approximate surface area is 162 Å². The number of hydrogen-bond acceptors (Lipinski definition) is 2. The van der Waals surface area contributed by atoms with Gasteiger partial charge in [-0.2, -0.15) is 13.2 Å². The number of aromatic nitrogens is 2. The molecule has 2 aliphatic carbocycles. The van der Waals surface area contributed by atoms with E-state index in [-0.39, 0.29) is 29.8 Å². The molecule has 2 aromatic rings. The molecule has 2 saturated carbocycles. The fourth-order valence-electron chi connectivity index (χ4n) is 4.23. The maximum atomic E-state index is 14.5. The van der Waals surface area contributed by atoms with E-state index in [0.29, 0.717) is 18.9 Å². The Bertz CT molecular complexity index is 1000. The molecule has 2 fully saturated rings. The lowest BCUT2D eigenvalue weighted by molar-refractivity contribution is -0.201. The van der Waals surface area contributed by atoms with E-state index >= 15 is 0 Å². The van der Waals surface area contributed by atoms with Crippen molar-refractivity contribution in [3.63, 3.8) is 0 Å². The Balaban J connectivity index is 1.77. The molecule has 0 aliphatic heterocycles. The zero-order valence-corrected chi connectivity index (χ0v) is 15.8. The summed E-state index contributed by atoms with van der Waals surface area (Å²) in [7, 11) is 0. The molecule has 1 heterocycles. The quantitative estimate of drug-likeness (QED) is 0.542. The topological polar surface area (TPSA) is 46.9 Å². The van der Waals surface area contributed by atoms with Crippen molar-refractivity contribution >= 4 is 22.9 Å².